The molecular formula is C12H14Cl2N2O2S. The lowest BCUT2D eigenvalue weighted by Crippen LogP contribution is -2.45. The summed E-state index contributed by atoms with van der Waals surface area (Å²) in [6.07, 6.45) is 0. The molecule has 1 aromatic carbocycles. The quantitative estimate of drug-likeness (QED) is 0.794. The van der Waals surface area contributed by atoms with Crippen molar-refractivity contribution in [2.24, 2.45) is 0 Å². The van der Waals surface area contributed by atoms with Crippen LogP contribution >= 0.6 is 24.0 Å². The van der Waals surface area contributed by atoms with E-state index in [0.717, 1.165) is 0 Å². The van der Waals surface area contributed by atoms with Crippen LogP contribution in [0.2, 0.25) is 5.02 Å². The molecular weight excluding hydrogens is 307 g/mol. The molecule has 0 unspecified atom stereocenters. The summed E-state index contributed by atoms with van der Waals surface area (Å²) in [6, 6.07) is 6.76. The Hall–Kier alpha value is -0.770. The standard InChI is InChI=1S/C12H13ClN2O2S.ClH/c13-12-3-1-11(2-4-12)5-10-18(16,17)15-8-6-14-7-9-15;/h1-4,14H,6-9H2;1H. The van der Waals surface area contributed by atoms with E-state index in [1.165, 1.54) is 4.31 Å². The van der Waals surface area contributed by atoms with Gasteiger partial charge in [0.1, 0.15) is 0 Å². The first-order valence-corrected chi connectivity index (χ1v) is 7.39. The minimum atomic E-state index is -3.49. The van der Waals surface area contributed by atoms with E-state index in [1.807, 2.05) is 0 Å². The lowest BCUT2D eigenvalue weighted by atomic mass is 10.2. The van der Waals surface area contributed by atoms with Crippen molar-refractivity contribution in [3.63, 3.8) is 0 Å². The molecule has 0 atom stereocenters. The van der Waals surface area contributed by atoms with E-state index in [4.69, 9.17) is 11.6 Å². The number of nitrogens with one attached hydrogen (secondary N) is 1. The molecule has 0 aliphatic carbocycles. The summed E-state index contributed by atoms with van der Waals surface area (Å²) in [5, 5.41) is 6.04. The number of sulfonamides is 1. The molecule has 7 heteroatoms. The molecule has 1 heterocycles. The molecule has 104 valence electrons. The Morgan fingerprint density at radius 2 is 1.74 bits per heavy atom. The van der Waals surface area contributed by atoms with Crippen LogP contribution in [0.1, 0.15) is 5.56 Å². The van der Waals surface area contributed by atoms with E-state index in [0.29, 0.717) is 36.8 Å². The van der Waals surface area contributed by atoms with Crippen LogP contribution in [0.15, 0.2) is 24.3 Å². The summed E-state index contributed by atoms with van der Waals surface area (Å²) in [5.41, 5.74) is 0.637. The van der Waals surface area contributed by atoms with Crippen molar-refractivity contribution < 1.29 is 8.42 Å². The Morgan fingerprint density at radius 3 is 2.32 bits per heavy atom. The summed E-state index contributed by atoms with van der Waals surface area (Å²) in [6.45, 7) is 2.28. The number of piperazine rings is 1. The Labute approximate surface area is 124 Å². The van der Waals surface area contributed by atoms with Gasteiger partial charge in [0.05, 0.1) is 0 Å². The van der Waals surface area contributed by atoms with Gasteiger partial charge in [0.15, 0.2) is 0 Å². The van der Waals surface area contributed by atoms with Gasteiger partial charge in [-0.15, -0.1) is 12.4 Å². The predicted molar refractivity (Wildman–Crippen MR) is 78.9 cm³/mol. The number of hydrogen-bond donors (Lipinski definition) is 1. The molecule has 1 aliphatic rings. The zero-order valence-corrected chi connectivity index (χ0v) is 12.5. The van der Waals surface area contributed by atoms with Gasteiger partial charge in [0.25, 0.3) is 10.0 Å². The molecule has 0 aromatic heterocycles. The Balaban J connectivity index is 0.00000180. The number of hydrogen-bond acceptors (Lipinski definition) is 3. The summed E-state index contributed by atoms with van der Waals surface area (Å²) in [7, 11) is -3.49. The van der Waals surface area contributed by atoms with Crippen molar-refractivity contribution in [1.82, 2.24) is 9.62 Å². The Bertz CT molecular complexity index is 570. The van der Waals surface area contributed by atoms with Crippen molar-refractivity contribution in [3.05, 3.63) is 34.9 Å². The van der Waals surface area contributed by atoms with Gasteiger partial charge in [0.2, 0.25) is 0 Å². The Kier molecular flexibility index (Phi) is 6.11. The van der Waals surface area contributed by atoms with E-state index >= 15 is 0 Å². The maximum absolute atomic E-state index is 11.9. The van der Waals surface area contributed by atoms with Crippen molar-refractivity contribution >= 4 is 34.0 Å². The Morgan fingerprint density at radius 1 is 1.16 bits per heavy atom. The third-order valence-corrected chi connectivity index (χ3v) is 4.24. The minimum absolute atomic E-state index is 0. The first kappa shape index (κ1) is 16.3. The second-order valence-corrected chi connectivity index (χ2v) is 6.00. The second kappa shape index (κ2) is 7.13. The summed E-state index contributed by atoms with van der Waals surface area (Å²) in [4.78, 5) is 0. The monoisotopic (exact) mass is 320 g/mol. The van der Waals surface area contributed by atoms with Crippen LogP contribution in [0.4, 0.5) is 0 Å². The molecule has 19 heavy (non-hydrogen) atoms. The average Bonchev–Trinajstić information content (AvgIpc) is 2.39. The van der Waals surface area contributed by atoms with E-state index in [1.54, 1.807) is 24.3 Å². The molecule has 0 radical (unpaired) electrons. The van der Waals surface area contributed by atoms with Crippen molar-refractivity contribution in [2.45, 2.75) is 0 Å². The molecule has 1 saturated heterocycles. The lowest BCUT2D eigenvalue weighted by Gasteiger charge is -2.23. The first-order valence-electron chi connectivity index (χ1n) is 5.57. The summed E-state index contributed by atoms with van der Waals surface area (Å²) >= 11 is 5.74. The molecule has 0 saturated carbocycles. The maximum atomic E-state index is 11.9. The fourth-order valence-corrected chi connectivity index (χ4v) is 2.77. The molecule has 0 spiro atoms. The highest BCUT2D eigenvalue weighted by Crippen LogP contribution is 2.09. The molecule has 2 rings (SSSR count). The van der Waals surface area contributed by atoms with Gasteiger partial charge in [-0.05, 0) is 30.2 Å². The molecule has 1 aromatic rings. The van der Waals surface area contributed by atoms with E-state index in [2.05, 4.69) is 16.5 Å². The highest BCUT2D eigenvalue weighted by atomic mass is 35.5. The normalized spacial score (nSPS) is 16.1. The smallest absolute Gasteiger partial charge is 0.283 e. The van der Waals surface area contributed by atoms with Crippen LogP contribution < -0.4 is 5.32 Å². The minimum Gasteiger partial charge on any atom is -0.314 e. The topological polar surface area (TPSA) is 49.4 Å². The van der Waals surface area contributed by atoms with Crippen molar-refractivity contribution in [2.75, 3.05) is 26.2 Å². The summed E-state index contributed by atoms with van der Waals surface area (Å²) in [5.74, 6) is 2.65. The number of halogens is 2. The van der Waals surface area contributed by atoms with Gasteiger partial charge in [0, 0.05) is 42.0 Å². The largest absolute Gasteiger partial charge is 0.314 e. The third kappa shape index (κ3) is 4.68. The van der Waals surface area contributed by atoms with E-state index < -0.39 is 10.0 Å². The zero-order chi connectivity index (χ0) is 13.0. The van der Waals surface area contributed by atoms with Crippen LogP contribution in [0.5, 0.6) is 0 Å². The van der Waals surface area contributed by atoms with Gasteiger partial charge in [-0.3, -0.25) is 0 Å². The van der Waals surface area contributed by atoms with Gasteiger partial charge < -0.3 is 5.32 Å². The van der Waals surface area contributed by atoms with Crippen LogP contribution in [0, 0.1) is 11.2 Å². The summed E-state index contributed by atoms with van der Waals surface area (Å²) < 4.78 is 25.2. The first-order chi connectivity index (χ1) is 8.58. The number of nitrogens with zero attached hydrogens (tertiary/aromatic N) is 1. The highest BCUT2D eigenvalue weighted by molar-refractivity contribution is 7.93. The lowest BCUT2D eigenvalue weighted by molar-refractivity contribution is 0.365. The molecule has 1 aliphatic heterocycles. The van der Waals surface area contributed by atoms with Crippen molar-refractivity contribution in [3.8, 4) is 11.2 Å². The molecule has 1 fully saturated rings. The molecule has 0 amide bonds. The van der Waals surface area contributed by atoms with Crippen LogP contribution in [-0.4, -0.2) is 38.9 Å². The SMILES string of the molecule is Cl.O=S(=O)(C#Cc1ccc(Cl)cc1)N1CCNCC1. The van der Waals surface area contributed by atoms with Gasteiger partial charge in [-0.2, -0.15) is 12.7 Å². The van der Waals surface area contributed by atoms with Gasteiger partial charge in [-0.25, -0.2) is 0 Å². The number of benzene rings is 1. The van der Waals surface area contributed by atoms with Crippen LogP contribution in [0.25, 0.3) is 0 Å². The van der Waals surface area contributed by atoms with Crippen LogP contribution in [-0.2, 0) is 10.0 Å². The van der Waals surface area contributed by atoms with Crippen molar-refractivity contribution in [1.29, 1.82) is 0 Å². The molecule has 1 N–H and O–H groups in total. The van der Waals surface area contributed by atoms with Gasteiger partial charge in [-0.1, -0.05) is 11.6 Å². The second-order valence-electron chi connectivity index (χ2n) is 3.89. The molecule has 4 nitrogen and oxygen atoms in total. The van der Waals surface area contributed by atoms with Crippen LogP contribution in [0.3, 0.4) is 0 Å². The fraction of sp³-hybridized carbons (Fsp3) is 0.333. The molecule has 0 bridgehead atoms. The highest BCUT2D eigenvalue weighted by Gasteiger charge is 2.21. The predicted octanol–water partition coefficient (Wildman–Crippen LogP) is 1.31. The van der Waals surface area contributed by atoms with Gasteiger partial charge >= 0.3 is 0 Å². The fourth-order valence-electron chi connectivity index (χ4n) is 1.61. The maximum Gasteiger partial charge on any atom is 0.283 e. The van der Waals surface area contributed by atoms with E-state index in [-0.39, 0.29) is 12.4 Å². The third-order valence-electron chi connectivity index (χ3n) is 2.58. The van der Waals surface area contributed by atoms with E-state index in [9.17, 15) is 8.42 Å². The average molecular weight is 321 g/mol. The zero-order valence-electron chi connectivity index (χ0n) is 10.1. The number of rotatable bonds is 1.